The van der Waals surface area contributed by atoms with Crippen molar-refractivity contribution in [3.8, 4) is 0 Å². The third kappa shape index (κ3) is 3.05. The second kappa shape index (κ2) is 6.12. The number of fused-ring (bicyclic) bond motifs is 3. The number of rotatable bonds is 3. The van der Waals surface area contributed by atoms with E-state index in [1.54, 1.807) is 24.3 Å². The Kier molecular flexibility index (Phi) is 4.06. The molecular weight excluding hydrogens is 363 g/mol. The van der Waals surface area contributed by atoms with Crippen LogP contribution in [0.4, 0.5) is 4.39 Å². The molecule has 1 aliphatic carbocycles. The zero-order valence-electron chi connectivity index (χ0n) is 13.2. The number of aromatic amines is 1. The summed E-state index contributed by atoms with van der Waals surface area (Å²) < 4.78 is 41.4. The summed E-state index contributed by atoms with van der Waals surface area (Å²) in [7, 11) is -3.69. The number of nitrogens with one attached hydrogen (secondary N) is 2. The molecule has 1 heterocycles. The van der Waals surface area contributed by atoms with Gasteiger partial charge >= 0.3 is 0 Å². The van der Waals surface area contributed by atoms with E-state index in [1.165, 1.54) is 18.2 Å². The zero-order chi connectivity index (χ0) is 17.6. The molecule has 0 bridgehead atoms. The molecule has 3 aromatic rings. The van der Waals surface area contributed by atoms with Crippen molar-refractivity contribution >= 4 is 32.5 Å². The molecule has 0 aliphatic heterocycles. The molecular formula is C18H16ClFN2O2S. The van der Waals surface area contributed by atoms with E-state index in [2.05, 4.69) is 9.71 Å². The van der Waals surface area contributed by atoms with Gasteiger partial charge in [-0.05, 0) is 55.2 Å². The molecule has 1 atom stereocenters. The third-order valence-electron chi connectivity index (χ3n) is 4.60. The molecule has 0 saturated heterocycles. The van der Waals surface area contributed by atoms with Gasteiger partial charge in [0.2, 0.25) is 10.0 Å². The normalized spacial score (nSPS) is 17.6. The number of aromatic nitrogens is 1. The van der Waals surface area contributed by atoms with Crippen molar-refractivity contribution in [1.29, 1.82) is 0 Å². The van der Waals surface area contributed by atoms with E-state index in [9.17, 15) is 12.8 Å². The molecule has 1 aliphatic rings. The summed E-state index contributed by atoms with van der Waals surface area (Å²) in [5.41, 5.74) is 2.85. The van der Waals surface area contributed by atoms with E-state index in [0.717, 1.165) is 22.2 Å². The smallest absolute Gasteiger partial charge is 0.242 e. The van der Waals surface area contributed by atoms with Crippen LogP contribution in [-0.4, -0.2) is 19.4 Å². The van der Waals surface area contributed by atoms with Gasteiger partial charge in [-0.1, -0.05) is 23.7 Å². The van der Waals surface area contributed by atoms with E-state index >= 15 is 0 Å². The van der Waals surface area contributed by atoms with Gasteiger partial charge in [0, 0.05) is 22.6 Å². The fourth-order valence-electron chi connectivity index (χ4n) is 3.44. The van der Waals surface area contributed by atoms with Gasteiger partial charge < -0.3 is 4.98 Å². The van der Waals surface area contributed by atoms with Gasteiger partial charge in [0.15, 0.2) is 0 Å². The Bertz CT molecular complexity index is 1060. The molecule has 1 aromatic heterocycles. The first kappa shape index (κ1) is 16.6. The quantitative estimate of drug-likeness (QED) is 0.728. The lowest BCUT2D eigenvalue weighted by Crippen LogP contribution is -2.38. The summed E-state index contributed by atoms with van der Waals surface area (Å²) in [5.74, 6) is -0.290. The number of benzene rings is 2. The lowest BCUT2D eigenvalue weighted by molar-refractivity contribution is 0.506. The van der Waals surface area contributed by atoms with Gasteiger partial charge in [-0.15, -0.1) is 0 Å². The first-order valence-electron chi connectivity index (χ1n) is 8.00. The molecule has 0 amide bonds. The Balaban J connectivity index is 1.63. The van der Waals surface area contributed by atoms with Gasteiger partial charge in [-0.3, -0.25) is 0 Å². The van der Waals surface area contributed by atoms with Crippen molar-refractivity contribution in [3.63, 3.8) is 0 Å². The Morgan fingerprint density at radius 2 is 2.00 bits per heavy atom. The molecule has 0 fully saturated rings. The number of hydrogen-bond donors (Lipinski definition) is 2. The van der Waals surface area contributed by atoms with Crippen LogP contribution in [0, 0.1) is 5.82 Å². The monoisotopic (exact) mass is 378 g/mol. The van der Waals surface area contributed by atoms with Crippen LogP contribution in [0.25, 0.3) is 10.9 Å². The van der Waals surface area contributed by atoms with Crippen molar-refractivity contribution < 1.29 is 12.8 Å². The summed E-state index contributed by atoms with van der Waals surface area (Å²) in [6, 6.07) is 10.8. The average Bonchev–Trinajstić information content (AvgIpc) is 2.91. The highest BCUT2D eigenvalue weighted by molar-refractivity contribution is 7.89. The van der Waals surface area contributed by atoms with Crippen molar-refractivity contribution in [2.75, 3.05) is 0 Å². The largest absolute Gasteiger partial charge is 0.358 e. The van der Waals surface area contributed by atoms with Crippen molar-refractivity contribution in [2.24, 2.45) is 0 Å². The molecule has 0 saturated carbocycles. The maximum atomic E-state index is 13.4. The van der Waals surface area contributed by atoms with Crippen molar-refractivity contribution in [2.45, 2.75) is 30.2 Å². The first-order valence-corrected chi connectivity index (χ1v) is 9.86. The SMILES string of the molecule is O=S(=O)(NC1CCc2[nH]c3cc(F)ccc3c2C1)c1ccccc1Cl. The van der Waals surface area contributed by atoms with E-state index in [-0.39, 0.29) is 21.8 Å². The Morgan fingerprint density at radius 1 is 1.20 bits per heavy atom. The van der Waals surface area contributed by atoms with Crippen LogP contribution in [0.1, 0.15) is 17.7 Å². The molecule has 2 N–H and O–H groups in total. The summed E-state index contributed by atoms with van der Waals surface area (Å²) in [4.78, 5) is 3.33. The Morgan fingerprint density at radius 3 is 2.80 bits per heavy atom. The van der Waals surface area contributed by atoms with Gasteiger partial charge in [-0.2, -0.15) is 0 Å². The van der Waals surface area contributed by atoms with E-state index in [4.69, 9.17) is 11.6 Å². The van der Waals surface area contributed by atoms with Gasteiger partial charge in [0.25, 0.3) is 0 Å². The van der Waals surface area contributed by atoms with Crippen LogP contribution in [0.5, 0.6) is 0 Å². The standard InChI is InChI=1S/C18H16ClFN2O2S/c19-15-3-1-2-4-18(15)25(23,24)22-12-6-8-16-14(10-12)13-7-5-11(20)9-17(13)21-16/h1-5,7,9,12,21-22H,6,8,10H2. The lowest BCUT2D eigenvalue weighted by atomic mass is 9.92. The minimum atomic E-state index is -3.69. The summed E-state index contributed by atoms with van der Waals surface area (Å²) in [5, 5.41) is 1.15. The predicted octanol–water partition coefficient (Wildman–Crippen LogP) is 3.80. The van der Waals surface area contributed by atoms with Crippen molar-refractivity contribution in [3.05, 3.63) is 64.6 Å². The fourth-order valence-corrected chi connectivity index (χ4v) is 5.23. The van der Waals surface area contributed by atoms with Crippen LogP contribution < -0.4 is 4.72 Å². The molecule has 130 valence electrons. The summed E-state index contributed by atoms with van der Waals surface area (Å²) >= 11 is 6.02. The second-order valence-corrected chi connectivity index (χ2v) is 8.35. The predicted molar refractivity (Wildman–Crippen MR) is 95.8 cm³/mol. The van der Waals surface area contributed by atoms with Crippen LogP contribution >= 0.6 is 11.6 Å². The zero-order valence-corrected chi connectivity index (χ0v) is 14.8. The number of hydrogen-bond acceptors (Lipinski definition) is 2. The minimum absolute atomic E-state index is 0.0865. The highest BCUT2D eigenvalue weighted by atomic mass is 35.5. The van der Waals surface area contributed by atoms with Gasteiger partial charge in [0.1, 0.15) is 10.7 Å². The number of sulfonamides is 1. The maximum Gasteiger partial charge on any atom is 0.242 e. The van der Waals surface area contributed by atoms with Crippen molar-refractivity contribution in [1.82, 2.24) is 9.71 Å². The molecule has 0 radical (unpaired) electrons. The highest BCUT2D eigenvalue weighted by Crippen LogP contribution is 2.30. The third-order valence-corrected chi connectivity index (χ3v) is 6.62. The fraction of sp³-hybridized carbons (Fsp3) is 0.222. The first-order chi connectivity index (χ1) is 11.9. The van der Waals surface area contributed by atoms with Gasteiger partial charge in [-0.25, -0.2) is 17.5 Å². The molecule has 7 heteroatoms. The van der Waals surface area contributed by atoms with Crippen LogP contribution in [0.2, 0.25) is 5.02 Å². The molecule has 4 nitrogen and oxygen atoms in total. The lowest BCUT2D eigenvalue weighted by Gasteiger charge is -2.23. The summed E-state index contributed by atoms with van der Waals surface area (Å²) in [6.45, 7) is 0. The molecule has 0 spiro atoms. The van der Waals surface area contributed by atoms with Crippen LogP contribution in [0.3, 0.4) is 0 Å². The maximum absolute atomic E-state index is 13.4. The number of halogens is 2. The van der Waals surface area contributed by atoms with E-state index in [1.807, 2.05) is 0 Å². The molecule has 25 heavy (non-hydrogen) atoms. The highest BCUT2D eigenvalue weighted by Gasteiger charge is 2.27. The topological polar surface area (TPSA) is 62.0 Å². The van der Waals surface area contributed by atoms with Crippen LogP contribution in [0.15, 0.2) is 47.4 Å². The minimum Gasteiger partial charge on any atom is -0.358 e. The van der Waals surface area contributed by atoms with E-state index < -0.39 is 10.0 Å². The second-order valence-electron chi connectivity index (χ2n) is 6.26. The molecule has 4 rings (SSSR count). The van der Waals surface area contributed by atoms with E-state index in [0.29, 0.717) is 19.3 Å². The number of aryl methyl sites for hydroxylation is 1. The van der Waals surface area contributed by atoms with Gasteiger partial charge in [0.05, 0.1) is 5.02 Å². The van der Waals surface area contributed by atoms with Crippen LogP contribution in [-0.2, 0) is 22.9 Å². The Labute approximate surface area is 150 Å². The molecule has 2 aromatic carbocycles. The Hall–Kier alpha value is -1.89. The average molecular weight is 379 g/mol. The molecule has 1 unspecified atom stereocenters. The summed E-state index contributed by atoms with van der Waals surface area (Å²) in [6.07, 6.45) is 1.94. The number of H-pyrrole nitrogens is 1.